The Morgan fingerprint density at radius 1 is 0.811 bits per heavy atom. The Morgan fingerprint density at radius 3 is 1.86 bits per heavy atom. The molecule has 4 aromatic carbocycles. The van der Waals surface area contributed by atoms with Gasteiger partial charge in [-0.25, -0.2) is 0 Å². The van der Waals surface area contributed by atoms with E-state index >= 15 is 0 Å². The molecule has 0 bridgehead atoms. The lowest BCUT2D eigenvalue weighted by Gasteiger charge is -2.39. The van der Waals surface area contributed by atoms with Crippen molar-refractivity contribution in [2.24, 2.45) is 0 Å². The van der Waals surface area contributed by atoms with Crippen molar-refractivity contribution in [1.29, 1.82) is 0 Å². The van der Waals surface area contributed by atoms with Crippen LogP contribution in [0.15, 0.2) is 126 Å². The lowest BCUT2D eigenvalue weighted by Crippen LogP contribution is -2.53. The largest absolute Gasteiger partial charge is 0.468 e. The minimum absolute atomic E-state index is 0.327. The zero-order chi connectivity index (χ0) is 25.7. The summed E-state index contributed by atoms with van der Waals surface area (Å²) in [5, 5.41) is 4.79. The molecule has 184 valence electrons. The van der Waals surface area contributed by atoms with Crippen molar-refractivity contribution in [2.75, 3.05) is 7.11 Å². The van der Waals surface area contributed by atoms with Crippen LogP contribution in [0.3, 0.4) is 0 Å². The summed E-state index contributed by atoms with van der Waals surface area (Å²) in [6.07, 6.45) is 2.20. The van der Waals surface area contributed by atoms with Crippen molar-refractivity contribution in [2.45, 2.75) is 18.0 Å². The molecule has 1 atom stereocenters. The molecule has 5 heteroatoms. The predicted octanol–water partition coefficient (Wildman–Crippen LogP) is 6.66. The number of methoxy groups -OCH3 is 1. The zero-order valence-electron chi connectivity index (χ0n) is 20.5. The van der Waals surface area contributed by atoms with Gasteiger partial charge in [0.05, 0.1) is 18.2 Å². The lowest BCUT2D eigenvalue weighted by atomic mass is 9.76. The number of rotatable bonds is 8. The molecule has 0 spiro atoms. The summed E-state index contributed by atoms with van der Waals surface area (Å²) in [6.45, 7) is 0. The van der Waals surface area contributed by atoms with E-state index in [1.54, 1.807) is 6.20 Å². The van der Waals surface area contributed by atoms with E-state index in [2.05, 4.69) is 62.6 Å². The second kappa shape index (κ2) is 11.1. The van der Waals surface area contributed by atoms with Gasteiger partial charge in [-0.2, -0.15) is 0 Å². The molecule has 0 saturated heterocycles. The number of aromatic nitrogens is 1. The molecule has 1 heterocycles. The number of esters is 1. The van der Waals surface area contributed by atoms with Crippen molar-refractivity contribution < 1.29 is 9.53 Å². The highest BCUT2D eigenvalue weighted by atomic mass is 79.9. The Balaban J connectivity index is 1.69. The lowest BCUT2D eigenvalue weighted by molar-refractivity contribution is -0.143. The van der Waals surface area contributed by atoms with Crippen LogP contribution < -0.4 is 5.32 Å². The monoisotopic (exact) mass is 550 g/mol. The van der Waals surface area contributed by atoms with Crippen LogP contribution in [0.25, 0.3) is 10.9 Å². The second-order valence-corrected chi connectivity index (χ2v) is 9.73. The number of carbonyl (C=O) groups excluding carboxylic acids is 1. The summed E-state index contributed by atoms with van der Waals surface area (Å²) in [6, 6.07) is 38.1. The highest BCUT2D eigenvalue weighted by Crippen LogP contribution is 2.38. The van der Waals surface area contributed by atoms with E-state index in [1.165, 1.54) is 7.11 Å². The first-order valence-corrected chi connectivity index (χ1v) is 13.0. The number of ether oxygens (including phenoxy) is 1. The van der Waals surface area contributed by atoms with Gasteiger partial charge in [-0.3, -0.25) is 15.1 Å². The van der Waals surface area contributed by atoms with Gasteiger partial charge in [0.2, 0.25) is 0 Å². The van der Waals surface area contributed by atoms with Crippen LogP contribution in [0.1, 0.15) is 22.3 Å². The molecule has 4 nitrogen and oxygen atoms in total. The van der Waals surface area contributed by atoms with Crippen LogP contribution in [0, 0.1) is 0 Å². The first-order valence-electron chi connectivity index (χ1n) is 12.2. The third-order valence-electron chi connectivity index (χ3n) is 6.73. The SMILES string of the molecule is COC(=O)[C@H](Cc1ccc(Br)c2ncccc12)NC(c1ccccc1)(c1ccccc1)c1ccccc1. The second-order valence-electron chi connectivity index (χ2n) is 8.88. The van der Waals surface area contributed by atoms with Gasteiger partial charge in [0, 0.05) is 16.1 Å². The van der Waals surface area contributed by atoms with E-state index in [-0.39, 0.29) is 5.97 Å². The highest BCUT2D eigenvalue weighted by molar-refractivity contribution is 9.10. The summed E-state index contributed by atoms with van der Waals surface area (Å²) >= 11 is 3.61. The van der Waals surface area contributed by atoms with Crippen molar-refractivity contribution in [3.63, 3.8) is 0 Å². The van der Waals surface area contributed by atoms with Crippen molar-refractivity contribution in [3.8, 4) is 0 Å². The fourth-order valence-electron chi connectivity index (χ4n) is 5.01. The zero-order valence-corrected chi connectivity index (χ0v) is 22.1. The summed E-state index contributed by atoms with van der Waals surface area (Å²) in [5.74, 6) is -0.327. The predicted molar refractivity (Wildman–Crippen MR) is 151 cm³/mol. The van der Waals surface area contributed by atoms with Crippen LogP contribution in [-0.4, -0.2) is 24.1 Å². The molecular formula is C32H27BrN2O2. The van der Waals surface area contributed by atoms with Crippen LogP contribution in [0.5, 0.6) is 0 Å². The number of carbonyl (C=O) groups is 1. The first-order chi connectivity index (χ1) is 18.1. The van der Waals surface area contributed by atoms with E-state index in [9.17, 15) is 4.79 Å². The van der Waals surface area contributed by atoms with E-state index < -0.39 is 11.6 Å². The molecule has 0 radical (unpaired) electrons. The maximum Gasteiger partial charge on any atom is 0.323 e. The average molecular weight is 551 g/mol. The summed E-state index contributed by atoms with van der Waals surface area (Å²) in [5.41, 5.74) is 4.17. The normalized spacial score (nSPS) is 12.3. The fourth-order valence-corrected chi connectivity index (χ4v) is 5.45. The Labute approximate surface area is 225 Å². The van der Waals surface area contributed by atoms with E-state index in [0.29, 0.717) is 6.42 Å². The molecule has 5 rings (SSSR count). The minimum atomic E-state index is -0.800. The van der Waals surface area contributed by atoms with Gasteiger partial charge in [-0.1, -0.05) is 103 Å². The maximum atomic E-state index is 13.4. The average Bonchev–Trinajstić information content (AvgIpc) is 2.97. The number of pyridine rings is 1. The third-order valence-corrected chi connectivity index (χ3v) is 7.37. The summed E-state index contributed by atoms with van der Waals surface area (Å²) < 4.78 is 6.27. The van der Waals surface area contributed by atoms with Crippen molar-refractivity contribution in [3.05, 3.63) is 148 Å². The standard InChI is InChI=1S/C32H27BrN2O2/c1-37-31(36)29(22-23-19-20-28(33)30-27(23)18-11-21-34-30)35-32(24-12-5-2-6-13-24,25-14-7-3-8-15-25)26-16-9-4-10-17-26/h2-21,29,35H,22H2,1H3/t29-/m0/s1. The molecule has 0 aliphatic heterocycles. The van der Waals surface area contributed by atoms with Gasteiger partial charge in [0.15, 0.2) is 0 Å². The molecule has 0 aliphatic rings. The van der Waals surface area contributed by atoms with E-state index in [0.717, 1.165) is 37.6 Å². The number of benzene rings is 4. The molecule has 0 fully saturated rings. The molecular weight excluding hydrogens is 524 g/mol. The highest BCUT2D eigenvalue weighted by Gasteiger charge is 2.40. The number of nitrogens with one attached hydrogen (secondary N) is 1. The first kappa shape index (κ1) is 24.9. The van der Waals surface area contributed by atoms with Gasteiger partial charge >= 0.3 is 5.97 Å². The molecule has 0 amide bonds. The van der Waals surface area contributed by atoms with Gasteiger partial charge in [0.1, 0.15) is 6.04 Å². The number of nitrogens with zero attached hydrogens (tertiary/aromatic N) is 1. The van der Waals surface area contributed by atoms with Crippen LogP contribution in [0.4, 0.5) is 0 Å². The molecule has 1 aromatic heterocycles. The van der Waals surface area contributed by atoms with Gasteiger partial charge < -0.3 is 4.74 Å². The molecule has 0 aliphatic carbocycles. The minimum Gasteiger partial charge on any atom is -0.468 e. The van der Waals surface area contributed by atoms with Crippen molar-refractivity contribution in [1.82, 2.24) is 10.3 Å². The summed E-state index contributed by atoms with van der Waals surface area (Å²) in [7, 11) is 1.44. The smallest absolute Gasteiger partial charge is 0.323 e. The Hall–Kier alpha value is -3.80. The van der Waals surface area contributed by atoms with Crippen LogP contribution in [-0.2, 0) is 21.5 Å². The van der Waals surface area contributed by atoms with Gasteiger partial charge in [-0.15, -0.1) is 0 Å². The number of hydrogen-bond acceptors (Lipinski definition) is 4. The van der Waals surface area contributed by atoms with Crippen LogP contribution in [0.2, 0.25) is 0 Å². The topological polar surface area (TPSA) is 51.2 Å². The van der Waals surface area contributed by atoms with E-state index in [1.807, 2.05) is 78.9 Å². The molecule has 0 saturated carbocycles. The Morgan fingerprint density at radius 2 is 1.35 bits per heavy atom. The molecule has 0 unspecified atom stereocenters. The third kappa shape index (κ3) is 4.93. The maximum absolute atomic E-state index is 13.4. The summed E-state index contributed by atoms with van der Waals surface area (Å²) in [4.78, 5) is 17.9. The Kier molecular flexibility index (Phi) is 7.45. The van der Waals surface area contributed by atoms with Gasteiger partial charge in [-0.05, 0) is 56.7 Å². The Bertz CT molecular complexity index is 1390. The van der Waals surface area contributed by atoms with Crippen molar-refractivity contribution >= 4 is 32.8 Å². The number of hydrogen-bond donors (Lipinski definition) is 1. The van der Waals surface area contributed by atoms with Crippen LogP contribution >= 0.6 is 15.9 Å². The molecule has 37 heavy (non-hydrogen) atoms. The quantitative estimate of drug-likeness (QED) is 0.173. The van der Waals surface area contributed by atoms with E-state index in [4.69, 9.17) is 4.74 Å². The number of halogens is 1. The fraction of sp³-hybridized carbons (Fsp3) is 0.125. The van der Waals surface area contributed by atoms with Gasteiger partial charge in [0.25, 0.3) is 0 Å². The molecule has 5 aromatic rings. The molecule has 1 N–H and O–H groups in total. The number of fused-ring (bicyclic) bond motifs is 1.